The minimum atomic E-state index is -0.744. The van der Waals surface area contributed by atoms with Crippen molar-refractivity contribution in [2.75, 3.05) is 7.11 Å². The van der Waals surface area contributed by atoms with Crippen LogP contribution in [0.4, 0.5) is 4.39 Å². The van der Waals surface area contributed by atoms with Crippen LogP contribution < -0.4 is 15.5 Å². The minimum Gasteiger partial charge on any atom is -0.497 e. The second-order valence-electron chi connectivity index (χ2n) is 5.60. The van der Waals surface area contributed by atoms with E-state index in [2.05, 4.69) is 15.8 Å². The zero-order valence-corrected chi connectivity index (χ0v) is 14.5. The number of carbonyl (C=O) groups excluding carboxylic acids is 2. The second kappa shape index (κ2) is 9.31. The molecule has 0 heterocycles. The Kier molecular flexibility index (Phi) is 6.84. The Morgan fingerprint density at radius 2 is 1.81 bits per heavy atom. The van der Waals surface area contributed by atoms with Crippen molar-refractivity contribution < 1.29 is 18.7 Å². The van der Waals surface area contributed by atoms with E-state index in [0.29, 0.717) is 11.3 Å². The predicted molar refractivity (Wildman–Crippen MR) is 96.4 cm³/mol. The van der Waals surface area contributed by atoms with E-state index in [1.807, 2.05) is 0 Å². The molecule has 0 spiro atoms. The number of hydrogen-bond donors (Lipinski definition) is 2. The maximum absolute atomic E-state index is 12.8. The molecule has 1 atom stereocenters. The number of ether oxygens (including phenoxy) is 1. The maximum atomic E-state index is 12.8. The lowest BCUT2D eigenvalue weighted by Crippen LogP contribution is -2.43. The van der Waals surface area contributed by atoms with Gasteiger partial charge in [0.1, 0.15) is 17.6 Å². The summed E-state index contributed by atoms with van der Waals surface area (Å²) in [5.74, 6) is -0.368. The number of amides is 2. The zero-order valence-electron chi connectivity index (χ0n) is 14.5. The third-order valence-electron chi connectivity index (χ3n) is 3.55. The van der Waals surface area contributed by atoms with Crippen LogP contribution in [0.25, 0.3) is 0 Å². The third kappa shape index (κ3) is 6.01. The van der Waals surface area contributed by atoms with Crippen LogP contribution >= 0.6 is 0 Å². The smallest absolute Gasteiger partial charge is 0.262 e. The number of hydrazone groups is 1. The van der Waals surface area contributed by atoms with Crippen molar-refractivity contribution in [3.05, 3.63) is 65.5 Å². The molecule has 0 aliphatic heterocycles. The van der Waals surface area contributed by atoms with Crippen molar-refractivity contribution >= 4 is 18.0 Å². The summed E-state index contributed by atoms with van der Waals surface area (Å²) in [7, 11) is 1.57. The van der Waals surface area contributed by atoms with Gasteiger partial charge < -0.3 is 10.1 Å². The number of hydrogen-bond acceptors (Lipinski definition) is 4. The quantitative estimate of drug-likeness (QED) is 0.588. The molecule has 0 saturated heterocycles. The van der Waals surface area contributed by atoms with Gasteiger partial charge in [-0.25, -0.2) is 9.82 Å². The molecule has 0 aromatic heterocycles. The highest BCUT2D eigenvalue weighted by atomic mass is 19.1. The molecular weight excluding hydrogens is 337 g/mol. The van der Waals surface area contributed by atoms with E-state index in [1.165, 1.54) is 30.5 Å². The molecule has 1 unspecified atom stereocenters. The van der Waals surface area contributed by atoms with Gasteiger partial charge in [0.25, 0.3) is 5.91 Å². The number of nitrogens with zero attached hydrogens (tertiary/aromatic N) is 1. The molecule has 0 bridgehead atoms. The molecule has 6 nitrogen and oxygen atoms in total. The van der Waals surface area contributed by atoms with Gasteiger partial charge in [-0.05, 0) is 42.3 Å². The normalized spacial score (nSPS) is 11.8. The summed E-state index contributed by atoms with van der Waals surface area (Å²) in [6.45, 7) is 1.56. The van der Waals surface area contributed by atoms with Crippen molar-refractivity contribution in [2.24, 2.45) is 5.10 Å². The molecular formula is C19H20FN3O3. The molecule has 0 saturated carbocycles. The first-order chi connectivity index (χ1) is 12.5. The maximum Gasteiger partial charge on any atom is 0.262 e. The first-order valence-corrected chi connectivity index (χ1v) is 7.98. The van der Waals surface area contributed by atoms with Gasteiger partial charge in [-0.15, -0.1) is 0 Å². The summed E-state index contributed by atoms with van der Waals surface area (Å²) in [4.78, 5) is 24.0. The molecule has 2 amide bonds. The van der Waals surface area contributed by atoms with Crippen molar-refractivity contribution in [3.8, 4) is 5.75 Å². The van der Waals surface area contributed by atoms with Gasteiger partial charge in [0, 0.05) is 0 Å². The summed E-state index contributed by atoms with van der Waals surface area (Å²) >= 11 is 0. The van der Waals surface area contributed by atoms with Crippen LogP contribution in [0.2, 0.25) is 0 Å². The van der Waals surface area contributed by atoms with E-state index >= 15 is 0 Å². The predicted octanol–water partition coefficient (Wildman–Crippen LogP) is 2.03. The van der Waals surface area contributed by atoms with Crippen molar-refractivity contribution in [3.63, 3.8) is 0 Å². The lowest BCUT2D eigenvalue weighted by molar-refractivity contribution is -0.128. The molecule has 2 aromatic carbocycles. The van der Waals surface area contributed by atoms with E-state index in [9.17, 15) is 14.0 Å². The Bertz CT molecular complexity index is 774. The highest BCUT2D eigenvalue weighted by Crippen LogP contribution is 2.11. The largest absolute Gasteiger partial charge is 0.497 e. The number of benzene rings is 2. The van der Waals surface area contributed by atoms with E-state index < -0.39 is 11.9 Å². The van der Waals surface area contributed by atoms with Gasteiger partial charge >= 0.3 is 0 Å². The van der Waals surface area contributed by atoms with Gasteiger partial charge in [-0.1, -0.05) is 24.3 Å². The molecule has 2 N–H and O–H groups in total. The van der Waals surface area contributed by atoms with Gasteiger partial charge in [-0.3, -0.25) is 9.59 Å². The molecule has 0 aliphatic carbocycles. The number of nitrogens with one attached hydrogen (secondary N) is 2. The molecule has 2 rings (SSSR count). The van der Waals surface area contributed by atoms with Crippen LogP contribution in [0.1, 0.15) is 18.1 Å². The van der Waals surface area contributed by atoms with E-state index in [4.69, 9.17) is 4.74 Å². The van der Waals surface area contributed by atoms with Gasteiger partial charge in [0.05, 0.1) is 19.7 Å². The Balaban J connectivity index is 1.79. The molecule has 2 aromatic rings. The van der Waals surface area contributed by atoms with Crippen LogP contribution in [0.15, 0.2) is 53.6 Å². The number of methoxy groups -OCH3 is 1. The molecule has 0 fully saturated rings. The van der Waals surface area contributed by atoms with Crippen LogP contribution in [-0.2, 0) is 16.0 Å². The molecule has 0 aliphatic rings. The lowest BCUT2D eigenvalue weighted by atomic mass is 10.1. The first-order valence-electron chi connectivity index (χ1n) is 7.98. The lowest BCUT2D eigenvalue weighted by Gasteiger charge is -2.12. The Hall–Kier alpha value is -3.22. The van der Waals surface area contributed by atoms with Crippen LogP contribution in [0, 0.1) is 5.82 Å². The molecule has 0 radical (unpaired) electrons. The van der Waals surface area contributed by atoms with Gasteiger partial charge in [0.2, 0.25) is 5.91 Å². The number of carbonyl (C=O) groups is 2. The van der Waals surface area contributed by atoms with Crippen molar-refractivity contribution in [2.45, 2.75) is 19.4 Å². The van der Waals surface area contributed by atoms with Gasteiger partial charge in [-0.2, -0.15) is 5.10 Å². The SMILES string of the molecule is COc1ccc(CC(=O)NC(C)C(=O)NN=Cc2ccc(F)cc2)cc1. The van der Waals surface area contributed by atoms with E-state index in [0.717, 1.165) is 5.56 Å². The molecule has 7 heteroatoms. The Morgan fingerprint density at radius 1 is 1.15 bits per heavy atom. The summed E-state index contributed by atoms with van der Waals surface area (Å²) in [5.41, 5.74) is 3.79. The fourth-order valence-corrected chi connectivity index (χ4v) is 2.10. The van der Waals surface area contributed by atoms with Crippen molar-refractivity contribution in [1.82, 2.24) is 10.7 Å². The average molecular weight is 357 g/mol. The fraction of sp³-hybridized carbons (Fsp3) is 0.211. The summed E-state index contributed by atoms with van der Waals surface area (Å²) in [6.07, 6.45) is 1.55. The summed E-state index contributed by atoms with van der Waals surface area (Å²) in [6, 6.07) is 12.0. The summed E-state index contributed by atoms with van der Waals surface area (Å²) < 4.78 is 17.9. The second-order valence-corrected chi connectivity index (χ2v) is 5.60. The van der Waals surface area contributed by atoms with E-state index in [-0.39, 0.29) is 18.1 Å². The standard InChI is InChI=1S/C19H20FN3O3/c1-13(19(25)23-21-12-15-3-7-16(20)8-4-15)22-18(24)11-14-5-9-17(26-2)10-6-14/h3-10,12-13H,11H2,1-2H3,(H,22,24)(H,23,25). The monoisotopic (exact) mass is 357 g/mol. The first kappa shape index (κ1) is 19.1. The Labute approximate surface area is 151 Å². The highest BCUT2D eigenvalue weighted by Gasteiger charge is 2.15. The Morgan fingerprint density at radius 3 is 2.42 bits per heavy atom. The van der Waals surface area contributed by atoms with Crippen LogP contribution in [-0.4, -0.2) is 31.2 Å². The minimum absolute atomic E-state index is 0.153. The topological polar surface area (TPSA) is 79.8 Å². The number of halogens is 1. The van der Waals surface area contributed by atoms with Gasteiger partial charge in [0.15, 0.2) is 0 Å². The van der Waals surface area contributed by atoms with Crippen LogP contribution in [0.5, 0.6) is 5.75 Å². The average Bonchev–Trinajstić information content (AvgIpc) is 2.63. The van der Waals surface area contributed by atoms with Crippen LogP contribution in [0.3, 0.4) is 0 Å². The third-order valence-corrected chi connectivity index (χ3v) is 3.55. The van der Waals surface area contributed by atoms with Crippen molar-refractivity contribution in [1.29, 1.82) is 0 Å². The zero-order chi connectivity index (χ0) is 18.9. The fourth-order valence-electron chi connectivity index (χ4n) is 2.10. The highest BCUT2D eigenvalue weighted by molar-refractivity contribution is 5.89. The molecule has 26 heavy (non-hydrogen) atoms. The number of rotatable bonds is 7. The molecule has 136 valence electrons. The summed E-state index contributed by atoms with van der Waals surface area (Å²) in [5, 5.41) is 6.40. The van der Waals surface area contributed by atoms with E-state index in [1.54, 1.807) is 38.3 Å².